The van der Waals surface area contributed by atoms with Crippen molar-refractivity contribution in [1.82, 2.24) is 4.72 Å². The smallest absolute Gasteiger partial charge is 0.324 e. The second-order valence-corrected chi connectivity index (χ2v) is 8.52. The number of sulfonamides is 1. The number of carbonyl (C=O) groups excluding carboxylic acids is 2. The van der Waals surface area contributed by atoms with Crippen LogP contribution in [0.15, 0.2) is 41.3 Å². The third kappa shape index (κ3) is 6.59. The summed E-state index contributed by atoms with van der Waals surface area (Å²) in [6.45, 7) is 0.312. The van der Waals surface area contributed by atoms with E-state index in [4.69, 9.17) is 27.9 Å². The van der Waals surface area contributed by atoms with Gasteiger partial charge in [-0.25, -0.2) is 12.8 Å². The molecule has 2 aromatic carbocycles. The van der Waals surface area contributed by atoms with Crippen molar-refractivity contribution in [1.29, 1.82) is 0 Å². The first-order valence-electron chi connectivity index (χ1n) is 8.28. The SMILES string of the molecule is C[C@@H](NS(=O)(=O)c1ccc(Cl)c(Cl)c1)C(=O)OCC(=O)Nc1ccc(F)cc1[N+](=O)[O-]. The number of halogens is 3. The lowest BCUT2D eigenvalue weighted by Crippen LogP contribution is -2.40. The maximum absolute atomic E-state index is 13.1. The van der Waals surface area contributed by atoms with Gasteiger partial charge in [0.25, 0.3) is 11.6 Å². The Kier molecular flexibility index (Phi) is 7.90. The molecular weight excluding hydrogens is 480 g/mol. The number of nitro groups is 1. The van der Waals surface area contributed by atoms with Gasteiger partial charge in [0.1, 0.15) is 17.5 Å². The summed E-state index contributed by atoms with van der Waals surface area (Å²) in [6, 6.07) is 4.63. The predicted octanol–water partition coefficient (Wildman–Crippen LogP) is 2.89. The van der Waals surface area contributed by atoms with Gasteiger partial charge in [-0.3, -0.25) is 19.7 Å². The van der Waals surface area contributed by atoms with Crippen LogP contribution in [0, 0.1) is 15.9 Å². The summed E-state index contributed by atoms with van der Waals surface area (Å²) in [6.07, 6.45) is 0. The van der Waals surface area contributed by atoms with Gasteiger partial charge < -0.3 is 10.1 Å². The molecule has 0 saturated heterocycles. The van der Waals surface area contributed by atoms with Gasteiger partial charge in [-0.05, 0) is 37.3 Å². The molecule has 1 amide bonds. The van der Waals surface area contributed by atoms with Gasteiger partial charge in [0.2, 0.25) is 10.0 Å². The highest BCUT2D eigenvalue weighted by molar-refractivity contribution is 7.89. The molecule has 0 aliphatic heterocycles. The quantitative estimate of drug-likeness (QED) is 0.326. The van der Waals surface area contributed by atoms with E-state index in [1.807, 2.05) is 0 Å². The topological polar surface area (TPSA) is 145 Å². The molecule has 166 valence electrons. The Labute approximate surface area is 185 Å². The van der Waals surface area contributed by atoms with Gasteiger partial charge in [-0.1, -0.05) is 23.2 Å². The number of nitrogens with one attached hydrogen (secondary N) is 2. The fraction of sp³-hybridized carbons (Fsp3) is 0.176. The first-order chi connectivity index (χ1) is 14.4. The molecule has 0 bridgehead atoms. The molecule has 10 nitrogen and oxygen atoms in total. The van der Waals surface area contributed by atoms with Crippen LogP contribution in [0.3, 0.4) is 0 Å². The van der Waals surface area contributed by atoms with Crippen LogP contribution >= 0.6 is 23.2 Å². The summed E-state index contributed by atoms with van der Waals surface area (Å²) in [7, 11) is -4.16. The minimum absolute atomic E-state index is 0.00803. The van der Waals surface area contributed by atoms with Gasteiger partial charge in [-0.15, -0.1) is 0 Å². The van der Waals surface area contributed by atoms with E-state index in [0.29, 0.717) is 6.07 Å². The Balaban J connectivity index is 1.97. The number of amides is 1. The van der Waals surface area contributed by atoms with E-state index >= 15 is 0 Å². The normalized spacial score (nSPS) is 12.1. The van der Waals surface area contributed by atoms with Crippen molar-refractivity contribution in [2.45, 2.75) is 17.9 Å². The van der Waals surface area contributed by atoms with E-state index in [0.717, 1.165) is 18.2 Å². The molecule has 0 fully saturated rings. The molecule has 0 spiro atoms. The first-order valence-corrected chi connectivity index (χ1v) is 10.5. The van der Waals surface area contributed by atoms with Crippen molar-refractivity contribution in [3.63, 3.8) is 0 Å². The number of anilines is 1. The molecule has 0 saturated carbocycles. The Bertz CT molecular complexity index is 1140. The second kappa shape index (κ2) is 10.0. The predicted molar refractivity (Wildman–Crippen MR) is 109 cm³/mol. The van der Waals surface area contributed by atoms with Crippen molar-refractivity contribution in [2.24, 2.45) is 0 Å². The molecule has 2 aromatic rings. The molecule has 31 heavy (non-hydrogen) atoms. The van der Waals surface area contributed by atoms with Crippen molar-refractivity contribution >= 4 is 56.5 Å². The molecule has 2 N–H and O–H groups in total. The van der Waals surface area contributed by atoms with E-state index in [-0.39, 0.29) is 20.6 Å². The summed E-state index contributed by atoms with van der Waals surface area (Å²) in [5.41, 5.74) is -0.997. The van der Waals surface area contributed by atoms with Crippen LogP contribution in [0.25, 0.3) is 0 Å². The van der Waals surface area contributed by atoms with E-state index in [1.54, 1.807) is 0 Å². The molecule has 0 heterocycles. The van der Waals surface area contributed by atoms with Crippen LogP contribution in [-0.2, 0) is 24.3 Å². The third-order valence-corrected chi connectivity index (χ3v) is 5.94. The molecule has 0 radical (unpaired) electrons. The fourth-order valence-corrected chi connectivity index (χ4v) is 3.78. The number of carbonyl (C=O) groups is 2. The molecule has 0 aliphatic rings. The standard InChI is InChI=1S/C17H14Cl2FN3O7S/c1-9(22-31(28,29)11-3-4-12(18)13(19)7-11)17(25)30-8-16(24)21-14-5-2-10(20)6-15(14)23(26)27/h2-7,9,22H,8H2,1H3,(H,21,24)/t9-/m1/s1. The largest absolute Gasteiger partial charge is 0.454 e. The summed E-state index contributed by atoms with van der Waals surface area (Å²) in [4.78, 5) is 33.7. The Morgan fingerprint density at radius 2 is 1.87 bits per heavy atom. The van der Waals surface area contributed by atoms with Gasteiger partial charge in [0.15, 0.2) is 6.61 Å². The van der Waals surface area contributed by atoms with Crippen LogP contribution in [0.4, 0.5) is 15.8 Å². The van der Waals surface area contributed by atoms with E-state index in [2.05, 4.69) is 10.0 Å². The van der Waals surface area contributed by atoms with Crippen LogP contribution in [-0.4, -0.2) is 37.9 Å². The van der Waals surface area contributed by atoms with Crippen LogP contribution in [0.2, 0.25) is 10.0 Å². The third-order valence-electron chi connectivity index (χ3n) is 3.66. The first kappa shape index (κ1) is 24.5. The number of rotatable bonds is 8. The number of hydrogen-bond donors (Lipinski definition) is 2. The van der Waals surface area contributed by atoms with Gasteiger partial charge in [-0.2, -0.15) is 4.72 Å². The van der Waals surface area contributed by atoms with Crippen LogP contribution in [0.1, 0.15) is 6.92 Å². The molecule has 1 atom stereocenters. The number of hydrogen-bond acceptors (Lipinski definition) is 7. The second-order valence-electron chi connectivity index (χ2n) is 5.99. The zero-order chi connectivity index (χ0) is 23.3. The lowest BCUT2D eigenvalue weighted by atomic mass is 10.2. The molecule has 14 heteroatoms. The minimum Gasteiger partial charge on any atom is -0.454 e. The van der Waals surface area contributed by atoms with Crippen molar-refractivity contribution in [3.8, 4) is 0 Å². The average Bonchev–Trinajstić information content (AvgIpc) is 2.68. The molecule has 0 aliphatic carbocycles. The zero-order valence-electron chi connectivity index (χ0n) is 15.6. The Morgan fingerprint density at radius 1 is 1.19 bits per heavy atom. The number of nitro benzene ring substituents is 1. The highest BCUT2D eigenvalue weighted by atomic mass is 35.5. The fourth-order valence-electron chi connectivity index (χ4n) is 2.20. The monoisotopic (exact) mass is 493 g/mol. The number of esters is 1. The van der Waals surface area contributed by atoms with Gasteiger partial charge in [0.05, 0.1) is 25.9 Å². The van der Waals surface area contributed by atoms with E-state index in [1.165, 1.54) is 19.1 Å². The molecular formula is C17H14Cl2FN3O7S. The lowest BCUT2D eigenvalue weighted by molar-refractivity contribution is -0.384. The van der Waals surface area contributed by atoms with Crippen LogP contribution < -0.4 is 10.0 Å². The van der Waals surface area contributed by atoms with Crippen LogP contribution in [0.5, 0.6) is 0 Å². The summed E-state index contributed by atoms with van der Waals surface area (Å²) >= 11 is 11.5. The van der Waals surface area contributed by atoms with Crippen molar-refractivity contribution < 1.29 is 32.1 Å². The number of ether oxygens (including phenoxy) is 1. The molecule has 0 unspecified atom stereocenters. The van der Waals surface area contributed by atoms with Gasteiger partial charge >= 0.3 is 5.97 Å². The Morgan fingerprint density at radius 3 is 2.48 bits per heavy atom. The number of nitrogens with zero attached hydrogens (tertiary/aromatic N) is 1. The summed E-state index contributed by atoms with van der Waals surface area (Å²) in [5.74, 6) is -2.92. The highest BCUT2D eigenvalue weighted by Gasteiger charge is 2.25. The number of benzene rings is 2. The summed E-state index contributed by atoms with van der Waals surface area (Å²) in [5, 5.41) is 13.2. The van der Waals surface area contributed by atoms with E-state index in [9.17, 15) is 32.5 Å². The van der Waals surface area contributed by atoms with Crippen molar-refractivity contribution in [3.05, 3.63) is 62.4 Å². The maximum atomic E-state index is 13.1. The maximum Gasteiger partial charge on any atom is 0.324 e. The summed E-state index contributed by atoms with van der Waals surface area (Å²) < 4.78 is 44.6. The lowest BCUT2D eigenvalue weighted by Gasteiger charge is -2.14. The molecule has 2 rings (SSSR count). The van der Waals surface area contributed by atoms with Gasteiger partial charge in [0, 0.05) is 0 Å². The Hall–Kier alpha value is -2.80. The average molecular weight is 494 g/mol. The molecule has 0 aromatic heterocycles. The zero-order valence-corrected chi connectivity index (χ0v) is 17.9. The highest BCUT2D eigenvalue weighted by Crippen LogP contribution is 2.26. The van der Waals surface area contributed by atoms with Crippen molar-refractivity contribution in [2.75, 3.05) is 11.9 Å². The van der Waals surface area contributed by atoms with E-state index < -0.39 is 51.0 Å². The minimum atomic E-state index is -4.16.